The maximum absolute atomic E-state index is 12.7. The predicted molar refractivity (Wildman–Crippen MR) is 27.9 cm³/mol. The molecule has 0 rings (SSSR count). The Morgan fingerprint density at radius 3 is 0.667 bits per heavy atom. The molecule has 0 aromatic heterocycles. The molecule has 0 fully saturated rings. The van der Waals surface area contributed by atoms with Crippen molar-refractivity contribution >= 4 is 0 Å². The van der Waals surface area contributed by atoms with Crippen LogP contribution in [0.3, 0.4) is 0 Å². The lowest BCUT2D eigenvalue weighted by atomic mass is 10.0. The monoisotopic (exact) mass is 304 g/mol. The van der Waals surface area contributed by atoms with Crippen LogP contribution in [-0.2, 0) is 0 Å². The Morgan fingerprint density at radius 1 is 0.444 bits per heavy atom. The third-order valence-electron chi connectivity index (χ3n) is 1.66. The second kappa shape index (κ2) is 4.32. The number of hydrogen-bond donors (Lipinski definition) is 0. The second-order valence-corrected chi connectivity index (χ2v) is 2.71. The fourth-order valence-electron chi connectivity index (χ4n) is 0.791. The molecule has 2 atom stereocenters. The van der Waals surface area contributed by atoms with E-state index >= 15 is 0 Å². The fourth-order valence-corrected chi connectivity index (χ4v) is 0.791. The third kappa shape index (κ3) is 2.06. The average molecular weight is 304 g/mol. The molecule has 0 aliphatic carbocycles. The maximum Gasteiger partial charge on any atom is 0.447 e. The molecule has 0 amide bonds. The van der Waals surface area contributed by atoms with E-state index in [4.69, 9.17) is 0 Å². The van der Waals surface area contributed by atoms with Crippen molar-refractivity contribution in [1.29, 1.82) is 0 Å². The number of nitrogens with zero attached hydrogens (tertiary/aromatic N) is 2. The first-order valence-corrected chi connectivity index (χ1v) is 3.39. The molecule has 14 heteroatoms. The van der Waals surface area contributed by atoms with Crippen LogP contribution in [0.5, 0.6) is 0 Å². The van der Waals surface area contributed by atoms with Gasteiger partial charge in [0.1, 0.15) is 0 Å². The minimum atomic E-state index is -7.32. The van der Waals surface area contributed by atoms with Gasteiger partial charge >= 0.3 is 23.9 Å². The average Bonchev–Trinajstić information content (AvgIpc) is 2.10. The van der Waals surface area contributed by atoms with Crippen molar-refractivity contribution in [3.8, 4) is 0 Å². The van der Waals surface area contributed by atoms with Gasteiger partial charge in [-0.15, -0.1) is 0 Å². The van der Waals surface area contributed by atoms with Crippen molar-refractivity contribution in [1.82, 2.24) is 10.7 Å². The van der Waals surface area contributed by atoms with E-state index in [0.29, 0.717) is 0 Å². The summed E-state index contributed by atoms with van der Waals surface area (Å²) < 4.78 is 142. The minimum absolute atomic E-state index is 3.97. The number of rotatable bonds is 3. The van der Waals surface area contributed by atoms with Crippen molar-refractivity contribution < 1.29 is 53.0 Å². The molecule has 0 radical (unpaired) electrons. The lowest BCUT2D eigenvalue weighted by Gasteiger charge is -2.39. The summed E-state index contributed by atoms with van der Waals surface area (Å²) in [5.41, 5.74) is 0. The molecule has 0 aromatic carbocycles. The maximum atomic E-state index is 12.7. The van der Waals surface area contributed by atoms with E-state index in [9.17, 15) is 53.0 Å². The Kier molecular flexibility index (Phi) is 4.10. The van der Waals surface area contributed by atoms with E-state index in [2.05, 4.69) is 0 Å². The first-order chi connectivity index (χ1) is 7.64. The summed E-state index contributed by atoms with van der Waals surface area (Å²) in [5.74, 6) is -14.6. The second-order valence-electron chi connectivity index (χ2n) is 2.71. The highest BCUT2D eigenvalue weighted by molar-refractivity contribution is 5.03. The Bertz CT molecular complexity index is 263. The minimum Gasteiger partial charge on any atom is -0.204 e. The molecular weight excluding hydrogens is 304 g/mol. The van der Waals surface area contributed by atoms with E-state index in [0.717, 1.165) is 0 Å². The normalized spacial score (nSPS) is 21.0. The molecule has 0 aliphatic heterocycles. The number of alkyl halides is 8. The van der Waals surface area contributed by atoms with E-state index in [1.54, 1.807) is 0 Å². The van der Waals surface area contributed by atoms with Crippen LogP contribution in [0, 0.1) is 0 Å². The highest BCUT2D eigenvalue weighted by atomic mass is 19.4. The molecule has 0 saturated heterocycles. The van der Waals surface area contributed by atoms with Crippen LogP contribution in [0.25, 0.3) is 0 Å². The van der Waals surface area contributed by atoms with Crippen LogP contribution in [-0.4, -0.2) is 34.6 Å². The SMILES string of the molecule is FN(F)C(F)(C(F)(F)F)C(F)(N(F)F)C(F)(F)F. The molecular formula is C4F12N2. The summed E-state index contributed by atoms with van der Waals surface area (Å²) >= 11 is 0. The quantitative estimate of drug-likeness (QED) is 0.447. The van der Waals surface area contributed by atoms with Gasteiger partial charge in [-0.2, -0.15) is 26.3 Å². The van der Waals surface area contributed by atoms with Gasteiger partial charge in [-0.3, -0.25) is 0 Å². The molecule has 110 valence electrons. The van der Waals surface area contributed by atoms with E-state index in [1.165, 1.54) is 0 Å². The molecule has 0 bridgehead atoms. The van der Waals surface area contributed by atoms with Gasteiger partial charge in [-0.25, -0.2) is 8.78 Å². The Labute approximate surface area is 89.1 Å². The molecule has 0 aromatic rings. The standard InChI is InChI=1S/C4F12N2/c5-1(17(13)14,3(7,8)9)2(6,18(15)16)4(10,11)12. The first kappa shape index (κ1) is 17.1. The molecule has 0 N–H and O–H groups in total. The van der Waals surface area contributed by atoms with Crippen LogP contribution in [0.2, 0.25) is 0 Å². The van der Waals surface area contributed by atoms with Crippen LogP contribution >= 0.6 is 0 Å². The van der Waals surface area contributed by atoms with E-state index in [-0.39, 0.29) is 0 Å². The van der Waals surface area contributed by atoms with Crippen LogP contribution in [0.4, 0.5) is 53.0 Å². The van der Waals surface area contributed by atoms with Gasteiger partial charge in [0.25, 0.3) is 0 Å². The highest BCUT2D eigenvalue weighted by Crippen LogP contribution is 2.55. The zero-order chi connectivity index (χ0) is 15.2. The van der Waals surface area contributed by atoms with Crippen molar-refractivity contribution in [2.45, 2.75) is 23.9 Å². The third-order valence-corrected chi connectivity index (χ3v) is 1.66. The van der Waals surface area contributed by atoms with Crippen molar-refractivity contribution in [3.05, 3.63) is 0 Å². The highest BCUT2D eigenvalue weighted by Gasteiger charge is 2.88. The Balaban J connectivity index is 6.18. The van der Waals surface area contributed by atoms with Gasteiger partial charge in [0.2, 0.25) is 0 Å². The fraction of sp³-hybridized carbons (Fsp3) is 1.00. The van der Waals surface area contributed by atoms with Crippen molar-refractivity contribution in [2.24, 2.45) is 0 Å². The smallest absolute Gasteiger partial charge is 0.204 e. The lowest BCUT2D eigenvalue weighted by molar-refractivity contribution is -0.508. The Hall–Kier alpha value is -0.920. The van der Waals surface area contributed by atoms with Gasteiger partial charge in [0.15, 0.2) is 0 Å². The molecule has 18 heavy (non-hydrogen) atoms. The molecule has 0 heterocycles. The van der Waals surface area contributed by atoms with Gasteiger partial charge in [-0.05, 0) is 0 Å². The zero-order valence-corrected chi connectivity index (χ0v) is 7.43. The molecule has 0 aliphatic rings. The summed E-state index contributed by atoms with van der Waals surface area (Å²) in [4.78, 5) is 0. The summed E-state index contributed by atoms with van der Waals surface area (Å²) in [5, 5.41) is -7.93. The summed E-state index contributed by atoms with van der Waals surface area (Å²) in [6, 6.07) is 0. The summed E-state index contributed by atoms with van der Waals surface area (Å²) in [7, 11) is 0. The van der Waals surface area contributed by atoms with Crippen molar-refractivity contribution in [3.63, 3.8) is 0 Å². The molecule has 0 spiro atoms. The lowest BCUT2D eigenvalue weighted by Crippen LogP contribution is -2.72. The molecule has 2 nitrogen and oxygen atoms in total. The topological polar surface area (TPSA) is 6.48 Å². The largest absolute Gasteiger partial charge is 0.447 e. The van der Waals surface area contributed by atoms with Crippen molar-refractivity contribution in [2.75, 3.05) is 0 Å². The molecule has 2 unspecified atom stereocenters. The van der Waals surface area contributed by atoms with E-state index in [1.807, 2.05) is 0 Å². The molecule has 0 saturated carbocycles. The first-order valence-electron chi connectivity index (χ1n) is 3.39. The predicted octanol–water partition coefficient (Wildman–Crippen LogP) is 3.58. The van der Waals surface area contributed by atoms with E-state index < -0.39 is 34.6 Å². The number of halogens is 12. The van der Waals surface area contributed by atoms with Crippen LogP contribution in [0.15, 0.2) is 0 Å². The summed E-state index contributed by atoms with van der Waals surface area (Å²) in [6.07, 6.45) is -14.6. The summed E-state index contributed by atoms with van der Waals surface area (Å²) in [6.45, 7) is 0. The Morgan fingerprint density at radius 2 is 0.611 bits per heavy atom. The zero-order valence-electron chi connectivity index (χ0n) is 7.43. The van der Waals surface area contributed by atoms with Gasteiger partial charge in [0.05, 0.1) is 10.7 Å². The van der Waals surface area contributed by atoms with Crippen LogP contribution in [0.1, 0.15) is 0 Å². The van der Waals surface area contributed by atoms with Gasteiger partial charge < -0.3 is 0 Å². The van der Waals surface area contributed by atoms with Gasteiger partial charge in [0, 0.05) is 0 Å². The number of hydrogen-bond acceptors (Lipinski definition) is 2. The van der Waals surface area contributed by atoms with Crippen LogP contribution < -0.4 is 0 Å². The van der Waals surface area contributed by atoms with Gasteiger partial charge in [-0.1, -0.05) is 17.9 Å².